The summed E-state index contributed by atoms with van der Waals surface area (Å²) in [7, 11) is 0. The van der Waals surface area contributed by atoms with Gasteiger partial charge in [-0.05, 0) is 31.4 Å². The number of hydrogen-bond acceptors (Lipinski definition) is 3. The fourth-order valence-corrected chi connectivity index (χ4v) is 2.65. The largest absolute Gasteiger partial charge is 0.494 e. The Bertz CT molecular complexity index is 422. The number of hydrogen-bond donors (Lipinski definition) is 1. The number of carbonyl (C=O) groups excluding carboxylic acids is 1. The summed E-state index contributed by atoms with van der Waals surface area (Å²) in [6, 6.07) is 9.94. The molecule has 0 spiro atoms. The molecule has 2 rings (SSSR count). The maximum absolute atomic E-state index is 12.4. The lowest BCUT2D eigenvalue weighted by molar-refractivity contribution is -0.136. The number of likely N-dealkylation sites (tertiary alicyclic amines) is 1. The summed E-state index contributed by atoms with van der Waals surface area (Å²) in [5.41, 5.74) is 5.72. The van der Waals surface area contributed by atoms with Crippen LogP contribution in [0, 0.1) is 5.92 Å². The molecule has 1 fully saturated rings. The fourth-order valence-electron chi connectivity index (χ4n) is 2.65. The van der Waals surface area contributed by atoms with Crippen LogP contribution in [0.15, 0.2) is 30.3 Å². The van der Waals surface area contributed by atoms with Crippen molar-refractivity contribution in [2.45, 2.75) is 32.2 Å². The Kier molecular flexibility index (Phi) is 5.41. The number of nitrogens with zero attached hydrogens (tertiary/aromatic N) is 1. The highest BCUT2D eigenvalue weighted by atomic mass is 16.5. The predicted molar refractivity (Wildman–Crippen MR) is 79.5 cm³/mol. The standard InChI is InChI=1S/C16H24N2O2/c1-13(9-11-20-15-7-3-2-4-8-15)16(19)18-10-5-6-14(18)12-17/h2-4,7-8,13-14H,5-6,9-12,17H2,1H3. The van der Waals surface area contributed by atoms with Crippen molar-refractivity contribution in [1.29, 1.82) is 0 Å². The van der Waals surface area contributed by atoms with Gasteiger partial charge < -0.3 is 15.4 Å². The molecule has 0 aromatic heterocycles. The molecule has 2 N–H and O–H groups in total. The summed E-state index contributed by atoms with van der Waals surface area (Å²) in [4.78, 5) is 14.3. The monoisotopic (exact) mass is 276 g/mol. The summed E-state index contributed by atoms with van der Waals surface area (Å²) in [5.74, 6) is 1.06. The van der Waals surface area contributed by atoms with Gasteiger partial charge in [0.1, 0.15) is 5.75 Å². The third-order valence-electron chi connectivity index (χ3n) is 3.92. The van der Waals surface area contributed by atoms with Crippen LogP contribution in [0.3, 0.4) is 0 Å². The smallest absolute Gasteiger partial charge is 0.225 e. The molecule has 1 heterocycles. The highest BCUT2D eigenvalue weighted by Crippen LogP contribution is 2.20. The van der Waals surface area contributed by atoms with Crippen molar-refractivity contribution >= 4 is 5.91 Å². The van der Waals surface area contributed by atoms with Gasteiger partial charge in [-0.3, -0.25) is 4.79 Å². The Hall–Kier alpha value is -1.55. The second-order valence-corrected chi connectivity index (χ2v) is 5.41. The number of amides is 1. The number of carbonyl (C=O) groups is 1. The molecule has 20 heavy (non-hydrogen) atoms. The van der Waals surface area contributed by atoms with Crippen LogP contribution in [-0.4, -0.2) is 36.5 Å². The SMILES string of the molecule is CC(CCOc1ccccc1)C(=O)N1CCCC1CN. The maximum Gasteiger partial charge on any atom is 0.225 e. The lowest BCUT2D eigenvalue weighted by Crippen LogP contribution is -2.42. The van der Waals surface area contributed by atoms with Crippen LogP contribution in [0.2, 0.25) is 0 Å². The van der Waals surface area contributed by atoms with Crippen LogP contribution in [0.1, 0.15) is 26.2 Å². The fraction of sp³-hybridized carbons (Fsp3) is 0.562. The maximum atomic E-state index is 12.4. The average Bonchev–Trinajstić information content (AvgIpc) is 2.96. The van der Waals surface area contributed by atoms with Crippen LogP contribution in [0.25, 0.3) is 0 Å². The van der Waals surface area contributed by atoms with E-state index in [4.69, 9.17) is 10.5 Å². The number of ether oxygens (including phenoxy) is 1. The van der Waals surface area contributed by atoms with Crippen molar-refractivity contribution in [2.75, 3.05) is 19.7 Å². The quantitative estimate of drug-likeness (QED) is 0.865. The summed E-state index contributed by atoms with van der Waals surface area (Å²) in [5, 5.41) is 0. The molecule has 1 aliphatic heterocycles. The van der Waals surface area contributed by atoms with Gasteiger partial charge in [0.05, 0.1) is 6.61 Å². The van der Waals surface area contributed by atoms with E-state index in [-0.39, 0.29) is 17.9 Å². The van der Waals surface area contributed by atoms with Crippen LogP contribution in [0.4, 0.5) is 0 Å². The van der Waals surface area contributed by atoms with Crippen LogP contribution in [-0.2, 0) is 4.79 Å². The first-order chi connectivity index (χ1) is 9.72. The Balaban J connectivity index is 1.76. The van der Waals surface area contributed by atoms with E-state index in [1.165, 1.54) is 0 Å². The first-order valence-corrected chi connectivity index (χ1v) is 7.40. The molecular weight excluding hydrogens is 252 g/mol. The molecule has 0 saturated carbocycles. The van der Waals surface area contributed by atoms with E-state index in [0.29, 0.717) is 13.2 Å². The van der Waals surface area contributed by atoms with E-state index in [1.807, 2.05) is 42.2 Å². The summed E-state index contributed by atoms with van der Waals surface area (Å²) < 4.78 is 5.65. The van der Waals surface area contributed by atoms with Crippen molar-refractivity contribution in [3.05, 3.63) is 30.3 Å². The zero-order valence-electron chi connectivity index (χ0n) is 12.1. The first kappa shape index (κ1) is 14.9. The number of benzene rings is 1. The molecule has 1 aromatic rings. The summed E-state index contributed by atoms with van der Waals surface area (Å²) in [6.45, 7) is 3.96. The van der Waals surface area contributed by atoms with Crippen molar-refractivity contribution in [3.63, 3.8) is 0 Å². The van der Waals surface area contributed by atoms with E-state index < -0.39 is 0 Å². The van der Waals surface area contributed by atoms with Crippen molar-refractivity contribution < 1.29 is 9.53 Å². The van der Waals surface area contributed by atoms with E-state index >= 15 is 0 Å². The lowest BCUT2D eigenvalue weighted by atomic mass is 10.1. The van der Waals surface area contributed by atoms with Crippen molar-refractivity contribution in [2.24, 2.45) is 11.7 Å². The Morgan fingerprint density at radius 3 is 2.90 bits per heavy atom. The molecule has 0 bridgehead atoms. The van der Waals surface area contributed by atoms with Crippen LogP contribution < -0.4 is 10.5 Å². The molecule has 1 amide bonds. The predicted octanol–water partition coefficient (Wildman–Crippen LogP) is 2.04. The summed E-state index contributed by atoms with van der Waals surface area (Å²) in [6.07, 6.45) is 2.85. The Morgan fingerprint density at radius 2 is 2.20 bits per heavy atom. The molecule has 0 radical (unpaired) electrons. The van der Waals surface area contributed by atoms with E-state index in [0.717, 1.165) is 31.6 Å². The zero-order valence-corrected chi connectivity index (χ0v) is 12.1. The third kappa shape index (κ3) is 3.73. The highest BCUT2D eigenvalue weighted by molar-refractivity contribution is 5.79. The minimum Gasteiger partial charge on any atom is -0.494 e. The molecule has 1 aliphatic rings. The third-order valence-corrected chi connectivity index (χ3v) is 3.92. The van der Waals surface area contributed by atoms with Crippen molar-refractivity contribution in [3.8, 4) is 5.75 Å². The van der Waals surface area contributed by atoms with Gasteiger partial charge >= 0.3 is 0 Å². The number of para-hydroxylation sites is 1. The van der Waals surface area contributed by atoms with Crippen molar-refractivity contribution in [1.82, 2.24) is 4.90 Å². The summed E-state index contributed by atoms with van der Waals surface area (Å²) >= 11 is 0. The number of rotatable bonds is 6. The molecular formula is C16H24N2O2. The Labute approximate surface area is 120 Å². The van der Waals surface area contributed by atoms with Gasteiger partial charge in [0, 0.05) is 25.0 Å². The molecule has 4 heteroatoms. The second-order valence-electron chi connectivity index (χ2n) is 5.41. The number of nitrogens with two attached hydrogens (primary N) is 1. The van der Waals surface area contributed by atoms with Gasteiger partial charge in [-0.15, -0.1) is 0 Å². The highest BCUT2D eigenvalue weighted by Gasteiger charge is 2.30. The molecule has 2 atom stereocenters. The molecule has 1 saturated heterocycles. The second kappa shape index (κ2) is 7.29. The molecule has 4 nitrogen and oxygen atoms in total. The Morgan fingerprint density at radius 1 is 1.45 bits per heavy atom. The molecule has 1 aromatic carbocycles. The van der Waals surface area contributed by atoms with E-state index in [2.05, 4.69) is 0 Å². The zero-order chi connectivity index (χ0) is 14.4. The normalized spacial score (nSPS) is 19.9. The first-order valence-electron chi connectivity index (χ1n) is 7.40. The lowest BCUT2D eigenvalue weighted by Gasteiger charge is -2.26. The molecule has 110 valence electrons. The van der Waals surface area contributed by atoms with Crippen LogP contribution >= 0.6 is 0 Å². The van der Waals surface area contributed by atoms with Gasteiger partial charge in [-0.25, -0.2) is 0 Å². The average molecular weight is 276 g/mol. The van der Waals surface area contributed by atoms with Gasteiger partial charge in [0.25, 0.3) is 0 Å². The van der Waals surface area contributed by atoms with E-state index in [1.54, 1.807) is 0 Å². The molecule has 2 unspecified atom stereocenters. The van der Waals surface area contributed by atoms with Gasteiger partial charge in [0.15, 0.2) is 0 Å². The van der Waals surface area contributed by atoms with Gasteiger partial charge in [0.2, 0.25) is 5.91 Å². The van der Waals surface area contributed by atoms with Gasteiger partial charge in [-0.2, -0.15) is 0 Å². The van der Waals surface area contributed by atoms with Gasteiger partial charge in [-0.1, -0.05) is 25.1 Å². The topological polar surface area (TPSA) is 55.6 Å². The van der Waals surface area contributed by atoms with E-state index in [9.17, 15) is 4.79 Å². The van der Waals surface area contributed by atoms with Crippen LogP contribution in [0.5, 0.6) is 5.75 Å². The minimum atomic E-state index is -0.00846. The molecule has 0 aliphatic carbocycles. The minimum absolute atomic E-state index is 0.00846.